The van der Waals surface area contributed by atoms with Gasteiger partial charge in [0, 0.05) is 38.6 Å². The van der Waals surface area contributed by atoms with Gasteiger partial charge in [-0.1, -0.05) is 129 Å². The lowest BCUT2D eigenvalue weighted by Gasteiger charge is -2.22. The molecule has 2 heterocycles. The zero-order valence-electron chi connectivity index (χ0n) is 27.9. The van der Waals surface area contributed by atoms with E-state index in [4.69, 9.17) is 9.97 Å². The molecule has 10 rings (SSSR count). The van der Waals surface area contributed by atoms with Gasteiger partial charge in [-0.25, -0.2) is 9.97 Å². The van der Waals surface area contributed by atoms with Crippen molar-refractivity contribution in [2.45, 2.75) is 19.3 Å². The SMILES string of the molecule is CC1(C)c2cc3ccccc3cc2-c2c(-c3cc(-c4ccc5c(c4)c4ccccc4n5-c4ccccc4)nc(-c4ccccc4)n3)cccc21. The molecule has 0 spiro atoms. The summed E-state index contributed by atoms with van der Waals surface area (Å²) in [4.78, 5) is 10.5. The molecule has 50 heavy (non-hydrogen) atoms. The second-order valence-corrected chi connectivity index (χ2v) is 13.8. The van der Waals surface area contributed by atoms with Crippen LogP contribution in [0, 0.1) is 0 Å². The summed E-state index contributed by atoms with van der Waals surface area (Å²) >= 11 is 0. The van der Waals surface area contributed by atoms with Crippen LogP contribution in [0.2, 0.25) is 0 Å². The Morgan fingerprint density at radius 2 is 1.14 bits per heavy atom. The summed E-state index contributed by atoms with van der Waals surface area (Å²) in [5, 5.41) is 4.94. The average molecular weight is 640 g/mol. The monoisotopic (exact) mass is 639 g/mol. The third-order valence-corrected chi connectivity index (χ3v) is 10.6. The molecule has 0 N–H and O–H groups in total. The molecule has 0 saturated heterocycles. The number of nitrogens with zero attached hydrogens (tertiary/aromatic N) is 3. The average Bonchev–Trinajstić information content (AvgIpc) is 3.62. The molecule has 1 aliphatic rings. The zero-order valence-corrected chi connectivity index (χ0v) is 27.9. The molecule has 3 heteroatoms. The smallest absolute Gasteiger partial charge is 0.160 e. The fourth-order valence-electron chi connectivity index (χ4n) is 8.12. The first-order chi connectivity index (χ1) is 24.5. The second kappa shape index (κ2) is 10.8. The number of para-hydroxylation sites is 2. The van der Waals surface area contributed by atoms with Gasteiger partial charge in [-0.15, -0.1) is 0 Å². The lowest BCUT2D eigenvalue weighted by atomic mass is 9.81. The van der Waals surface area contributed by atoms with Gasteiger partial charge >= 0.3 is 0 Å². The summed E-state index contributed by atoms with van der Waals surface area (Å²) in [6.07, 6.45) is 0. The number of hydrogen-bond acceptors (Lipinski definition) is 2. The maximum atomic E-state index is 5.30. The maximum absolute atomic E-state index is 5.30. The lowest BCUT2D eigenvalue weighted by molar-refractivity contribution is 0.661. The normalized spacial score (nSPS) is 13.2. The van der Waals surface area contributed by atoms with E-state index in [1.54, 1.807) is 0 Å². The summed E-state index contributed by atoms with van der Waals surface area (Å²) < 4.78 is 2.35. The van der Waals surface area contributed by atoms with Gasteiger partial charge in [0.1, 0.15) is 0 Å². The number of rotatable bonds is 4. The van der Waals surface area contributed by atoms with Crippen LogP contribution in [0.3, 0.4) is 0 Å². The van der Waals surface area contributed by atoms with Crippen molar-refractivity contribution in [2.75, 3.05) is 0 Å². The van der Waals surface area contributed by atoms with Gasteiger partial charge in [0.25, 0.3) is 0 Å². The minimum atomic E-state index is -0.138. The fourth-order valence-corrected chi connectivity index (χ4v) is 8.12. The number of fused-ring (bicyclic) bond motifs is 7. The third-order valence-electron chi connectivity index (χ3n) is 10.6. The Morgan fingerprint density at radius 1 is 0.460 bits per heavy atom. The predicted octanol–water partition coefficient (Wildman–Crippen LogP) is 12.0. The molecule has 2 aromatic heterocycles. The molecule has 9 aromatic rings. The molecule has 0 fully saturated rings. The van der Waals surface area contributed by atoms with Gasteiger partial charge in [-0.05, 0) is 81.6 Å². The van der Waals surface area contributed by atoms with Crippen molar-refractivity contribution in [2.24, 2.45) is 0 Å². The summed E-state index contributed by atoms with van der Waals surface area (Å²) in [5.41, 5.74) is 13.6. The Hall–Kier alpha value is -6.32. The van der Waals surface area contributed by atoms with E-state index in [-0.39, 0.29) is 5.41 Å². The van der Waals surface area contributed by atoms with Crippen LogP contribution >= 0.6 is 0 Å². The van der Waals surface area contributed by atoms with Gasteiger partial charge in [0.15, 0.2) is 5.82 Å². The summed E-state index contributed by atoms with van der Waals surface area (Å²) in [6.45, 7) is 4.69. The number of aromatic nitrogens is 3. The van der Waals surface area contributed by atoms with Crippen molar-refractivity contribution < 1.29 is 0 Å². The first kappa shape index (κ1) is 28.7. The van der Waals surface area contributed by atoms with Crippen LogP contribution in [0.1, 0.15) is 25.0 Å². The van der Waals surface area contributed by atoms with Crippen molar-refractivity contribution >= 4 is 32.6 Å². The Labute approximate surface area is 291 Å². The first-order valence-electron chi connectivity index (χ1n) is 17.3. The molecule has 0 bridgehead atoms. The van der Waals surface area contributed by atoms with Crippen molar-refractivity contribution in [1.82, 2.24) is 14.5 Å². The highest BCUT2D eigenvalue weighted by atomic mass is 15.0. The molecule has 0 aliphatic heterocycles. The number of benzene rings is 7. The van der Waals surface area contributed by atoms with Crippen molar-refractivity contribution in [3.8, 4) is 50.7 Å². The molecule has 3 nitrogen and oxygen atoms in total. The van der Waals surface area contributed by atoms with Crippen molar-refractivity contribution in [1.29, 1.82) is 0 Å². The highest BCUT2D eigenvalue weighted by Crippen LogP contribution is 2.53. The molecule has 1 aliphatic carbocycles. The minimum absolute atomic E-state index is 0.138. The minimum Gasteiger partial charge on any atom is -0.309 e. The molecule has 0 radical (unpaired) electrons. The van der Waals surface area contributed by atoms with Gasteiger partial charge in [0.05, 0.1) is 22.4 Å². The van der Waals surface area contributed by atoms with Gasteiger partial charge < -0.3 is 4.57 Å². The van der Waals surface area contributed by atoms with E-state index in [9.17, 15) is 0 Å². The Bertz CT molecular complexity index is 2770. The zero-order chi connectivity index (χ0) is 33.4. The van der Waals surface area contributed by atoms with Crippen LogP contribution in [0.15, 0.2) is 164 Å². The first-order valence-corrected chi connectivity index (χ1v) is 17.3. The topological polar surface area (TPSA) is 30.7 Å². The van der Waals surface area contributed by atoms with Crippen molar-refractivity contribution in [3.63, 3.8) is 0 Å². The number of hydrogen-bond donors (Lipinski definition) is 0. The van der Waals surface area contributed by atoms with Crippen LogP contribution in [-0.2, 0) is 5.41 Å². The molecule has 0 atom stereocenters. The van der Waals surface area contributed by atoms with Crippen LogP contribution in [-0.4, -0.2) is 14.5 Å². The molecule has 236 valence electrons. The maximum Gasteiger partial charge on any atom is 0.160 e. The Kier molecular flexibility index (Phi) is 6.22. The molecule has 0 unspecified atom stereocenters. The molecule has 7 aromatic carbocycles. The van der Waals surface area contributed by atoms with Crippen molar-refractivity contribution in [3.05, 3.63) is 175 Å². The molecule has 0 saturated carbocycles. The third kappa shape index (κ3) is 4.30. The van der Waals surface area contributed by atoms with Gasteiger partial charge in [0.2, 0.25) is 0 Å². The highest BCUT2D eigenvalue weighted by molar-refractivity contribution is 6.10. The molecule has 0 amide bonds. The van der Waals surface area contributed by atoms with E-state index in [0.717, 1.165) is 39.6 Å². The van der Waals surface area contributed by atoms with E-state index in [1.165, 1.54) is 54.8 Å². The van der Waals surface area contributed by atoms with Crippen LogP contribution in [0.5, 0.6) is 0 Å². The summed E-state index contributed by atoms with van der Waals surface area (Å²) in [6, 6.07) is 58.7. The summed E-state index contributed by atoms with van der Waals surface area (Å²) in [7, 11) is 0. The van der Waals surface area contributed by atoms with Gasteiger partial charge in [-0.2, -0.15) is 0 Å². The lowest BCUT2D eigenvalue weighted by Crippen LogP contribution is -2.14. The van der Waals surface area contributed by atoms with E-state index >= 15 is 0 Å². The van der Waals surface area contributed by atoms with Crippen LogP contribution in [0.4, 0.5) is 0 Å². The fraction of sp³-hybridized carbons (Fsp3) is 0.0638. The van der Waals surface area contributed by atoms with E-state index in [2.05, 4.69) is 176 Å². The Morgan fingerprint density at radius 3 is 1.96 bits per heavy atom. The second-order valence-electron chi connectivity index (χ2n) is 13.8. The largest absolute Gasteiger partial charge is 0.309 e. The summed E-state index contributed by atoms with van der Waals surface area (Å²) in [5.74, 6) is 0.721. The Balaban J connectivity index is 1.21. The van der Waals surface area contributed by atoms with Crippen LogP contribution < -0.4 is 0 Å². The van der Waals surface area contributed by atoms with E-state index < -0.39 is 0 Å². The van der Waals surface area contributed by atoms with Gasteiger partial charge in [-0.3, -0.25) is 0 Å². The predicted molar refractivity (Wildman–Crippen MR) is 208 cm³/mol. The van der Waals surface area contributed by atoms with Crippen LogP contribution in [0.25, 0.3) is 83.3 Å². The molecular weight excluding hydrogens is 607 g/mol. The molecular formula is C47H33N3. The highest BCUT2D eigenvalue weighted by Gasteiger charge is 2.37. The van der Waals surface area contributed by atoms with E-state index in [1.807, 2.05) is 6.07 Å². The quantitative estimate of drug-likeness (QED) is 0.192. The van der Waals surface area contributed by atoms with E-state index in [0.29, 0.717) is 0 Å². The standard InChI is InChI=1S/C47H33N3/c1-47(2)39-22-13-21-36(45(39)38-26-31-16-9-10-17-32(31)28-40(38)47)42-29-41(48-46(49-42)30-14-5-3-6-15-30)33-24-25-44-37(27-33)35-20-11-12-23-43(35)50(44)34-18-7-4-8-19-34/h3-29H,1-2H3.